The van der Waals surface area contributed by atoms with Gasteiger partial charge in [-0.25, -0.2) is 9.67 Å². The predicted molar refractivity (Wildman–Crippen MR) is 62.2 cm³/mol. The van der Waals surface area contributed by atoms with E-state index in [-0.39, 0.29) is 0 Å². The third kappa shape index (κ3) is 2.22. The highest BCUT2D eigenvalue weighted by Crippen LogP contribution is 2.16. The standard InChI is InChI=1S/C12H10N4O2/c1-2-11(16-9-13-8-14-16)6-12(3-1)17-7-10-4-5-18-15-10/h1-6,8-9H,7H2. The molecule has 18 heavy (non-hydrogen) atoms. The molecule has 0 bridgehead atoms. The molecule has 6 nitrogen and oxygen atoms in total. The maximum absolute atomic E-state index is 5.61. The summed E-state index contributed by atoms with van der Waals surface area (Å²) in [5, 5.41) is 7.84. The highest BCUT2D eigenvalue weighted by Gasteiger charge is 2.01. The van der Waals surface area contributed by atoms with Gasteiger partial charge in [-0.2, -0.15) is 5.10 Å². The fourth-order valence-corrected chi connectivity index (χ4v) is 1.53. The van der Waals surface area contributed by atoms with Crippen molar-refractivity contribution in [2.24, 2.45) is 0 Å². The molecule has 0 aliphatic rings. The maximum atomic E-state index is 5.61. The molecule has 2 aromatic heterocycles. The zero-order chi connectivity index (χ0) is 12.2. The van der Waals surface area contributed by atoms with Gasteiger partial charge in [0.1, 0.15) is 37.0 Å². The minimum Gasteiger partial charge on any atom is -0.487 e. The largest absolute Gasteiger partial charge is 0.487 e. The summed E-state index contributed by atoms with van der Waals surface area (Å²) in [6, 6.07) is 9.35. The zero-order valence-corrected chi connectivity index (χ0v) is 9.43. The summed E-state index contributed by atoms with van der Waals surface area (Å²) in [7, 11) is 0. The number of hydrogen-bond acceptors (Lipinski definition) is 5. The molecule has 0 amide bonds. The molecule has 6 heteroatoms. The van der Waals surface area contributed by atoms with Crippen LogP contribution < -0.4 is 4.74 Å². The lowest BCUT2D eigenvalue weighted by atomic mass is 10.3. The lowest BCUT2D eigenvalue weighted by Gasteiger charge is -2.06. The molecule has 3 aromatic rings. The van der Waals surface area contributed by atoms with Gasteiger partial charge in [0.2, 0.25) is 0 Å². The second-order valence-electron chi connectivity index (χ2n) is 3.62. The number of hydrogen-bond donors (Lipinski definition) is 0. The SMILES string of the molecule is c1cc(OCc2ccon2)cc(-n2cncn2)c1. The molecule has 1 aromatic carbocycles. The van der Waals surface area contributed by atoms with Crippen molar-refractivity contribution in [3.63, 3.8) is 0 Å². The molecule has 0 unspecified atom stereocenters. The minimum atomic E-state index is 0.372. The van der Waals surface area contributed by atoms with Crippen molar-refractivity contribution in [2.75, 3.05) is 0 Å². The number of benzene rings is 1. The highest BCUT2D eigenvalue weighted by atomic mass is 16.5. The van der Waals surface area contributed by atoms with Gasteiger partial charge in [0, 0.05) is 12.1 Å². The lowest BCUT2D eigenvalue weighted by Crippen LogP contribution is -1.98. The third-order valence-corrected chi connectivity index (χ3v) is 2.38. The van der Waals surface area contributed by atoms with Crippen molar-refractivity contribution >= 4 is 0 Å². The van der Waals surface area contributed by atoms with E-state index in [9.17, 15) is 0 Å². The second-order valence-corrected chi connectivity index (χ2v) is 3.62. The second kappa shape index (κ2) is 4.70. The van der Waals surface area contributed by atoms with Crippen LogP contribution in [0.15, 0.2) is 53.8 Å². The van der Waals surface area contributed by atoms with Gasteiger partial charge in [-0.3, -0.25) is 0 Å². The normalized spacial score (nSPS) is 10.4. The van der Waals surface area contributed by atoms with Crippen LogP contribution in [-0.2, 0) is 6.61 Å². The first kappa shape index (κ1) is 10.5. The van der Waals surface area contributed by atoms with Crippen molar-refractivity contribution in [1.82, 2.24) is 19.9 Å². The molecule has 0 radical (unpaired) electrons. The van der Waals surface area contributed by atoms with Crippen molar-refractivity contribution in [3.05, 3.63) is 54.9 Å². The van der Waals surface area contributed by atoms with Crippen LogP contribution in [0.25, 0.3) is 5.69 Å². The fourth-order valence-electron chi connectivity index (χ4n) is 1.53. The van der Waals surface area contributed by atoms with Gasteiger partial charge in [0.15, 0.2) is 0 Å². The first-order chi connectivity index (χ1) is 8.92. The van der Waals surface area contributed by atoms with Gasteiger partial charge in [0.25, 0.3) is 0 Å². The summed E-state index contributed by atoms with van der Waals surface area (Å²) in [5.41, 5.74) is 1.64. The van der Waals surface area contributed by atoms with Crippen molar-refractivity contribution in [3.8, 4) is 11.4 Å². The Morgan fingerprint density at radius 2 is 2.28 bits per heavy atom. The third-order valence-electron chi connectivity index (χ3n) is 2.38. The molecular formula is C12H10N4O2. The van der Waals surface area contributed by atoms with E-state index in [0.29, 0.717) is 6.61 Å². The van der Waals surface area contributed by atoms with E-state index in [0.717, 1.165) is 17.1 Å². The molecule has 90 valence electrons. The predicted octanol–water partition coefficient (Wildman–Crippen LogP) is 1.83. The summed E-state index contributed by atoms with van der Waals surface area (Å²) < 4.78 is 12.0. The summed E-state index contributed by atoms with van der Waals surface area (Å²) >= 11 is 0. The monoisotopic (exact) mass is 242 g/mol. The molecule has 2 heterocycles. The first-order valence-electron chi connectivity index (χ1n) is 5.39. The Balaban J connectivity index is 1.75. The van der Waals surface area contributed by atoms with Crippen molar-refractivity contribution < 1.29 is 9.26 Å². The number of rotatable bonds is 4. The summed E-state index contributed by atoms with van der Waals surface area (Å²) in [6.07, 6.45) is 4.64. The van der Waals surface area contributed by atoms with E-state index >= 15 is 0 Å². The first-order valence-corrected chi connectivity index (χ1v) is 5.39. The summed E-state index contributed by atoms with van der Waals surface area (Å²) in [4.78, 5) is 3.90. The van der Waals surface area contributed by atoms with Gasteiger partial charge in [-0.1, -0.05) is 11.2 Å². The van der Waals surface area contributed by atoms with Gasteiger partial charge in [-0.05, 0) is 12.1 Å². The topological polar surface area (TPSA) is 66.0 Å². The van der Waals surface area contributed by atoms with E-state index < -0.39 is 0 Å². The van der Waals surface area contributed by atoms with Crippen LogP contribution in [0.1, 0.15) is 5.69 Å². The summed E-state index contributed by atoms with van der Waals surface area (Å²) in [6.45, 7) is 0.372. The molecule has 0 N–H and O–H groups in total. The molecule has 3 rings (SSSR count). The van der Waals surface area contributed by atoms with Crippen LogP contribution in [0.5, 0.6) is 5.75 Å². The van der Waals surface area contributed by atoms with Gasteiger partial charge < -0.3 is 9.26 Å². The highest BCUT2D eigenvalue weighted by molar-refractivity contribution is 5.38. The van der Waals surface area contributed by atoms with E-state index in [1.807, 2.05) is 24.3 Å². The minimum absolute atomic E-state index is 0.372. The van der Waals surface area contributed by atoms with Gasteiger partial charge >= 0.3 is 0 Å². The van der Waals surface area contributed by atoms with E-state index in [1.165, 1.54) is 12.6 Å². The Morgan fingerprint density at radius 3 is 3.06 bits per heavy atom. The number of aromatic nitrogens is 4. The molecule has 0 atom stereocenters. The Hall–Kier alpha value is -2.63. The number of nitrogens with zero attached hydrogens (tertiary/aromatic N) is 4. The quantitative estimate of drug-likeness (QED) is 0.698. The van der Waals surface area contributed by atoms with Crippen LogP contribution in [0.4, 0.5) is 0 Å². The van der Waals surface area contributed by atoms with Gasteiger partial charge in [-0.15, -0.1) is 0 Å². The number of ether oxygens (including phenoxy) is 1. The average molecular weight is 242 g/mol. The van der Waals surface area contributed by atoms with Crippen molar-refractivity contribution in [1.29, 1.82) is 0 Å². The molecule has 0 saturated carbocycles. The van der Waals surface area contributed by atoms with E-state index in [1.54, 1.807) is 17.1 Å². The molecule has 0 spiro atoms. The molecule has 0 fully saturated rings. The lowest BCUT2D eigenvalue weighted by molar-refractivity contribution is 0.289. The fraction of sp³-hybridized carbons (Fsp3) is 0.0833. The maximum Gasteiger partial charge on any atom is 0.138 e. The van der Waals surface area contributed by atoms with Crippen LogP contribution in [0, 0.1) is 0 Å². The Kier molecular flexibility index (Phi) is 2.75. The van der Waals surface area contributed by atoms with E-state index in [2.05, 4.69) is 15.2 Å². The molecule has 0 aliphatic carbocycles. The molecule has 0 aliphatic heterocycles. The van der Waals surface area contributed by atoms with Crippen LogP contribution in [0.3, 0.4) is 0 Å². The average Bonchev–Trinajstić information content (AvgIpc) is 3.10. The molecule has 0 saturated heterocycles. The Bertz CT molecular complexity index is 605. The molecular weight excluding hydrogens is 232 g/mol. The van der Waals surface area contributed by atoms with E-state index in [4.69, 9.17) is 9.26 Å². The smallest absolute Gasteiger partial charge is 0.138 e. The zero-order valence-electron chi connectivity index (χ0n) is 9.43. The van der Waals surface area contributed by atoms with Crippen molar-refractivity contribution in [2.45, 2.75) is 6.61 Å². The van der Waals surface area contributed by atoms with Crippen LogP contribution in [-0.4, -0.2) is 19.9 Å². The Labute approximate surface area is 103 Å². The van der Waals surface area contributed by atoms with Gasteiger partial charge in [0.05, 0.1) is 5.69 Å². The van der Waals surface area contributed by atoms with Crippen LogP contribution in [0.2, 0.25) is 0 Å². The Morgan fingerprint density at radius 1 is 1.28 bits per heavy atom. The van der Waals surface area contributed by atoms with Crippen LogP contribution >= 0.6 is 0 Å². The summed E-state index contributed by atoms with van der Waals surface area (Å²) in [5.74, 6) is 0.742.